The molecule has 9 heavy (non-hydrogen) atoms. The fourth-order valence-corrected chi connectivity index (χ4v) is 0. The van der Waals surface area contributed by atoms with Crippen LogP contribution in [0.3, 0.4) is 0 Å². The van der Waals surface area contributed by atoms with Gasteiger partial charge in [0.15, 0.2) is 0 Å². The Bertz CT molecular complexity index is 45.1. The minimum atomic E-state index is -2.33. The van der Waals surface area contributed by atoms with E-state index in [0.717, 1.165) is 0 Å². The van der Waals surface area contributed by atoms with E-state index in [1.165, 1.54) is 0 Å². The molecule has 0 bridgehead atoms. The van der Waals surface area contributed by atoms with Gasteiger partial charge in [0.05, 0.1) is 0 Å². The first-order valence-electron chi connectivity index (χ1n) is 1.64. The number of aliphatic hydroxyl groups excluding tert-OH is 1. The molecule has 0 aliphatic carbocycles. The Balaban J connectivity index is -0.0000000233. The fourth-order valence-electron chi connectivity index (χ4n) is 0. The Labute approximate surface area is 97.8 Å². The molecule has 0 fully saturated rings. The molecule has 0 rings (SSSR count). The first-order valence-corrected chi connectivity index (χ1v) is 1.64. The average Bonchev–Trinajstić information content (AvgIpc) is 1.33. The van der Waals surface area contributed by atoms with Gasteiger partial charge in [-0.15, -0.1) is 0 Å². The molecule has 0 saturated carbocycles. The van der Waals surface area contributed by atoms with E-state index in [4.69, 9.17) is 20.1 Å². The van der Waals surface area contributed by atoms with Crippen LogP contribution in [0.5, 0.6) is 0 Å². The number of aliphatic hydroxyl groups is 1. The summed E-state index contributed by atoms with van der Waals surface area (Å²) >= 11 is 0. The molecule has 4 nitrogen and oxygen atoms in total. The molecule has 0 aliphatic heterocycles. The molecule has 0 aromatic rings. The van der Waals surface area contributed by atoms with Crippen molar-refractivity contribution >= 4 is 6.16 Å². The maximum absolute atomic E-state index is 8.33. The zero-order chi connectivity index (χ0) is 6.28. The van der Waals surface area contributed by atoms with E-state index in [-0.39, 0.29) is 65.7 Å². The summed E-state index contributed by atoms with van der Waals surface area (Å²) in [5.41, 5.74) is 0. The molecule has 0 radical (unpaired) electrons. The second-order valence-electron chi connectivity index (χ2n) is 0.566. The molecule has 0 heterocycles. The maximum Gasteiger partial charge on any atom is 1.00 e. The maximum atomic E-state index is 8.33. The molecular weight excluding hydrogens is 146 g/mol. The Hall–Kier alpha value is 1.23. The predicted octanol–water partition coefficient (Wildman–Crippen LogP) is -8.44. The SMILES string of the molecule is CCO.O=C([O-])[O-].[Na+].[Na+]. The number of carbonyl (C=O) groups is 1. The first-order chi connectivity index (χ1) is 3.15. The number of carbonyl (C=O) groups excluding carboxylic acids is 1. The van der Waals surface area contributed by atoms with Crippen LogP contribution >= 0.6 is 0 Å². The standard InChI is InChI=1S/C2H6O.CH2O3.2Na/c1-2-3;2-1(3)4;;/h3H,2H2,1H3;(H2,2,3,4);;/q;;2*+1/p-2. The number of rotatable bonds is 0. The van der Waals surface area contributed by atoms with Crippen LogP contribution in [0.15, 0.2) is 0 Å². The molecule has 0 aromatic carbocycles. The summed E-state index contributed by atoms with van der Waals surface area (Å²) in [5.74, 6) is 0. The van der Waals surface area contributed by atoms with E-state index >= 15 is 0 Å². The normalized spacial score (nSPS) is 4.67. The Morgan fingerprint density at radius 2 is 1.44 bits per heavy atom. The Morgan fingerprint density at radius 1 is 1.44 bits per heavy atom. The van der Waals surface area contributed by atoms with Crippen LogP contribution in [0, 0.1) is 0 Å². The zero-order valence-corrected chi connectivity index (χ0v) is 9.88. The van der Waals surface area contributed by atoms with E-state index < -0.39 is 6.16 Å². The van der Waals surface area contributed by atoms with Crippen LogP contribution < -0.4 is 69.3 Å². The number of hydrogen-bond acceptors (Lipinski definition) is 4. The van der Waals surface area contributed by atoms with E-state index in [0.29, 0.717) is 0 Å². The third-order valence-corrected chi connectivity index (χ3v) is 0. The van der Waals surface area contributed by atoms with Gasteiger partial charge >= 0.3 is 59.1 Å². The molecule has 0 atom stereocenters. The van der Waals surface area contributed by atoms with Gasteiger partial charge in [0.1, 0.15) is 0 Å². The average molecular weight is 152 g/mol. The molecule has 44 valence electrons. The molecule has 0 saturated heterocycles. The predicted molar refractivity (Wildman–Crippen MR) is 18.2 cm³/mol. The molecule has 0 amide bonds. The summed E-state index contributed by atoms with van der Waals surface area (Å²) in [5, 5.41) is 24.2. The minimum Gasteiger partial charge on any atom is -0.652 e. The van der Waals surface area contributed by atoms with Gasteiger partial charge in [-0.1, -0.05) is 0 Å². The molecule has 0 aromatic heterocycles. The number of hydrogen-bond donors (Lipinski definition) is 1. The molecule has 0 aliphatic rings. The van der Waals surface area contributed by atoms with E-state index in [2.05, 4.69) is 0 Å². The van der Waals surface area contributed by atoms with Crippen molar-refractivity contribution in [3.63, 3.8) is 0 Å². The summed E-state index contributed by atoms with van der Waals surface area (Å²) < 4.78 is 0. The van der Waals surface area contributed by atoms with Crippen LogP contribution in [-0.4, -0.2) is 17.9 Å². The topological polar surface area (TPSA) is 83.4 Å². The van der Waals surface area contributed by atoms with Crippen molar-refractivity contribution in [1.82, 2.24) is 0 Å². The molecule has 0 unspecified atom stereocenters. The second-order valence-corrected chi connectivity index (χ2v) is 0.566. The van der Waals surface area contributed by atoms with Gasteiger partial charge in [0.2, 0.25) is 0 Å². The summed E-state index contributed by atoms with van der Waals surface area (Å²) in [7, 11) is 0. The van der Waals surface area contributed by atoms with Crippen molar-refractivity contribution in [3.8, 4) is 0 Å². The van der Waals surface area contributed by atoms with E-state index in [1.807, 2.05) is 0 Å². The number of carboxylic acid groups (broad SMARTS) is 2. The smallest absolute Gasteiger partial charge is 0.652 e. The second kappa shape index (κ2) is 22.9. The van der Waals surface area contributed by atoms with Crippen molar-refractivity contribution in [1.29, 1.82) is 0 Å². The molecular formula is C3H6Na2O4. The Kier molecular flexibility index (Phi) is 57.0. The van der Waals surface area contributed by atoms with E-state index in [1.54, 1.807) is 6.92 Å². The molecule has 6 heteroatoms. The Morgan fingerprint density at radius 3 is 1.44 bits per heavy atom. The summed E-state index contributed by atoms with van der Waals surface area (Å²) in [4.78, 5) is 8.33. The van der Waals surface area contributed by atoms with Gasteiger partial charge in [-0.25, -0.2) is 0 Å². The van der Waals surface area contributed by atoms with Gasteiger partial charge in [0, 0.05) is 6.61 Å². The van der Waals surface area contributed by atoms with Crippen molar-refractivity contribution in [2.75, 3.05) is 6.61 Å². The van der Waals surface area contributed by atoms with Gasteiger partial charge in [0.25, 0.3) is 0 Å². The van der Waals surface area contributed by atoms with Crippen LogP contribution in [0.4, 0.5) is 4.79 Å². The molecule has 0 spiro atoms. The van der Waals surface area contributed by atoms with Gasteiger partial charge in [-0.05, 0) is 13.1 Å². The quantitative estimate of drug-likeness (QED) is 0.349. The van der Waals surface area contributed by atoms with Crippen LogP contribution in [0.25, 0.3) is 0 Å². The van der Waals surface area contributed by atoms with E-state index in [9.17, 15) is 0 Å². The van der Waals surface area contributed by atoms with Crippen molar-refractivity contribution < 1.29 is 79.2 Å². The monoisotopic (exact) mass is 152 g/mol. The van der Waals surface area contributed by atoms with Crippen molar-refractivity contribution in [3.05, 3.63) is 0 Å². The molecule has 1 N–H and O–H groups in total. The van der Waals surface area contributed by atoms with Crippen molar-refractivity contribution in [2.45, 2.75) is 6.92 Å². The summed E-state index contributed by atoms with van der Waals surface area (Å²) in [6.07, 6.45) is -2.33. The summed E-state index contributed by atoms with van der Waals surface area (Å²) in [6.45, 7) is 1.93. The third-order valence-electron chi connectivity index (χ3n) is 0. The largest absolute Gasteiger partial charge is 1.00 e. The zero-order valence-electron chi connectivity index (χ0n) is 5.88. The third kappa shape index (κ3) is 319. The van der Waals surface area contributed by atoms with Gasteiger partial charge < -0.3 is 20.1 Å². The fraction of sp³-hybridized carbons (Fsp3) is 0.667. The van der Waals surface area contributed by atoms with Crippen LogP contribution in [-0.2, 0) is 0 Å². The first kappa shape index (κ1) is 22.5. The van der Waals surface area contributed by atoms with Gasteiger partial charge in [-0.3, -0.25) is 0 Å². The minimum absolute atomic E-state index is 0. The van der Waals surface area contributed by atoms with Crippen LogP contribution in [0.1, 0.15) is 6.92 Å². The summed E-state index contributed by atoms with van der Waals surface area (Å²) in [6, 6.07) is 0. The van der Waals surface area contributed by atoms with Crippen molar-refractivity contribution in [2.24, 2.45) is 0 Å². The van der Waals surface area contributed by atoms with Crippen LogP contribution in [0.2, 0.25) is 0 Å². The van der Waals surface area contributed by atoms with Gasteiger partial charge in [-0.2, -0.15) is 0 Å².